The lowest BCUT2D eigenvalue weighted by Gasteiger charge is -2.13. The van der Waals surface area contributed by atoms with Gasteiger partial charge in [-0.25, -0.2) is 9.78 Å². The summed E-state index contributed by atoms with van der Waals surface area (Å²) in [4.78, 5) is 18.2. The molecule has 0 fully saturated rings. The Morgan fingerprint density at radius 3 is 2.61 bits per heavy atom. The Labute approximate surface area is 113 Å². The molecule has 1 aromatic rings. The molecule has 102 valence electrons. The van der Waals surface area contributed by atoms with Crippen molar-refractivity contribution in [3.63, 3.8) is 0 Å². The fourth-order valence-electron chi connectivity index (χ4n) is 1.73. The van der Waals surface area contributed by atoms with Crippen LogP contribution in [-0.2, 0) is 6.54 Å². The fraction of sp³-hybridized carbons (Fsp3) is 0.692. The molecule has 0 radical (unpaired) electrons. The quantitative estimate of drug-likeness (QED) is 0.826. The minimum absolute atomic E-state index is 0.155. The minimum atomic E-state index is -0.862. The summed E-state index contributed by atoms with van der Waals surface area (Å²) in [6.07, 6.45) is 2.32. The molecule has 5 heteroatoms. The van der Waals surface area contributed by atoms with Crippen molar-refractivity contribution >= 4 is 17.3 Å². The van der Waals surface area contributed by atoms with Crippen molar-refractivity contribution in [1.82, 2.24) is 9.88 Å². The first-order chi connectivity index (χ1) is 8.45. The van der Waals surface area contributed by atoms with E-state index in [1.165, 1.54) is 17.8 Å². The van der Waals surface area contributed by atoms with Gasteiger partial charge < -0.3 is 5.11 Å². The normalized spacial score (nSPS) is 11.4. The lowest BCUT2D eigenvalue weighted by Crippen LogP contribution is -2.18. The summed E-state index contributed by atoms with van der Waals surface area (Å²) in [5, 5.41) is 10.1. The van der Waals surface area contributed by atoms with Gasteiger partial charge >= 0.3 is 5.97 Å². The topological polar surface area (TPSA) is 53.4 Å². The minimum Gasteiger partial charge on any atom is -0.477 e. The molecule has 4 nitrogen and oxygen atoms in total. The molecule has 1 rings (SSSR count). The molecule has 18 heavy (non-hydrogen) atoms. The Bertz CT molecular complexity index is 402. The summed E-state index contributed by atoms with van der Waals surface area (Å²) in [5.74, 6) is -0.708. The van der Waals surface area contributed by atoms with Crippen LogP contribution in [0.4, 0.5) is 0 Å². The van der Waals surface area contributed by atoms with Crippen LogP contribution in [0, 0.1) is 0 Å². The van der Waals surface area contributed by atoms with E-state index in [0.717, 1.165) is 24.5 Å². The number of hydrogen-bond donors (Lipinski definition) is 1. The van der Waals surface area contributed by atoms with Crippen LogP contribution in [0.25, 0.3) is 0 Å². The predicted octanol–water partition coefficient (Wildman–Crippen LogP) is 3.20. The number of rotatable bonds is 7. The molecule has 0 aliphatic rings. The second kappa shape index (κ2) is 6.85. The average Bonchev–Trinajstić information content (AvgIpc) is 2.70. The highest BCUT2D eigenvalue weighted by molar-refractivity contribution is 7.13. The molecule has 0 aliphatic heterocycles. The van der Waals surface area contributed by atoms with E-state index < -0.39 is 5.97 Å². The number of aromatic nitrogens is 1. The second-order valence-corrected chi connectivity index (χ2v) is 5.96. The van der Waals surface area contributed by atoms with E-state index in [9.17, 15) is 4.79 Å². The molecule has 0 bridgehead atoms. The number of hydrogen-bond acceptors (Lipinski definition) is 4. The number of carboxylic acid groups (broad SMARTS) is 1. The molecule has 0 atom stereocenters. The van der Waals surface area contributed by atoms with E-state index in [0.29, 0.717) is 10.6 Å². The monoisotopic (exact) mass is 270 g/mol. The Hall–Kier alpha value is -0.940. The molecule has 0 saturated carbocycles. The first kappa shape index (κ1) is 15.1. The van der Waals surface area contributed by atoms with Crippen LogP contribution >= 0.6 is 11.3 Å². The number of nitrogens with zero attached hydrogens (tertiary/aromatic N) is 2. The van der Waals surface area contributed by atoms with Crippen molar-refractivity contribution in [1.29, 1.82) is 0 Å². The zero-order valence-electron chi connectivity index (χ0n) is 11.6. The van der Waals surface area contributed by atoms with Gasteiger partial charge in [0.15, 0.2) is 0 Å². The molecular weight excluding hydrogens is 248 g/mol. The summed E-state index contributed by atoms with van der Waals surface area (Å²) in [6, 6.07) is 0. The SMILES string of the molecule is CCCCN(C)Cc1nc(C(C)C)c(C(=O)O)s1. The van der Waals surface area contributed by atoms with Crippen LogP contribution in [0.2, 0.25) is 0 Å². The van der Waals surface area contributed by atoms with Crippen molar-refractivity contribution in [2.45, 2.75) is 46.1 Å². The molecule has 0 spiro atoms. The second-order valence-electron chi connectivity index (χ2n) is 4.87. The maximum atomic E-state index is 11.2. The lowest BCUT2D eigenvalue weighted by atomic mass is 10.1. The molecule has 1 heterocycles. The standard InChI is InChI=1S/C13H22N2O2S/c1-5-6-7-15(4)8-10-14-11(9(2)3)12(18-10)13(16)17/h9H,5-8H2,1-4H3,(H,16,17). The first-order valence-corrected chi connectivity index (χ1v) is 7.18. The maximum absolute atomic E-state index is 11.2. The Morgan fingerprint density at radius 2 is 2.17 bits per heavy atom. The van der Waals surface area contributed by atoms with Crippen LogP contribution in [0.15, 0.2) is 0 Å². The van der Waals surface area contributed by atoms with Crippen LogP contribution in [0.3, 0.4) is 0 Å². The lowest BCUT2D eigenvalue weighted by molar-refractivity contribution is 0.0700. The number of aromatic carboxylic acids is 1. The van der Waals surface area contributed by atoms with Gasteiger partial charge in [0, 0.05) is 0 Å². The molecule has 1 aromatic heterocycles. The van der Waals surface area contributed by atoms with Crippen LogP contribution in [0.5, 0.6) is 0 Å². The van der Waals surface area contributed by atoms with Gasteiger partial charge in [-0.3, -0.25) is 4.90 Å². The van der Waals surface area contributed by atoms with E-state index in [4.69, 9.17) is 5.11 Å². The number of carboxylic acids is 1. The molecule has 0 aromatic carbocycles. The Morgan fingerprint density at radius 1 is 1.50 bits per heavy atom. The molecular formula is C13H22N2O2S. The number of carbonyl (C=O) groups is 1. The molecule has 0 saturated heterocycles. The summed E-state index contributed by atoms with van der Waals surface area (Å²) in [5.41, 5.74) is 0.714. The van der Waals surface area contributed by atoms with Crippen LogP contribution < -0.4 is 0 Å². The van der Waals surface area contributed by atoms with E-state index in [1.54, 1.807) is 0 Å². The van der Waals surface area contributed by atoms with Crippen molar-refractivity contribution < 1.29 is 9.90 Å². The Balaban J connectivity index is 2.78. The van der Waals surface area contributed by atoms with Crippen molar-refractivity contribution in [3.05, 3.63) is 15.6 Å². The van der Waals surface area contributed by atoms with Crippen molar-refractivity contribution in [2.24, 2.45) is 0 Å². The van der Waals surface area contributed by atoms with E-state index in [2.05, 4.69) is 16.8 Å². The summed E-state index contributed by atoms with van der Waals surface area (Å²) < 4.78 is 0. The van der Waals surface area contributed by atoms with Crippen LogP contribution in [-0.4, -0.2) is 34.6 Å². The Kier molecular flexibility index (Phi) is 5.75. The average molecular weight is 270 g/mol. The van der Waals surface area contributed by atoms with E-state index >= 15 is 0 Å². The molecule has 0 amide bonds. The van der Waals surface area contributed by atoms with Gasteiger partial charge in [0.05, 0.1) is 12.2 Å². The highest BCUT2D eigenvalue weighted by atomic mass is 32.1. The smallest absolute Gasteiger partial charge is 0.347 e. The van der Waals surface area contributed by atoms with Crippen molar-refractivity contribution in [3.8, 4) is 0 Å². The van der Waals surface area contributed by atoms with Gasteiger partial charge in [0.1, 0.15) is 9.88 Å². The van der Waals surface area contributed by atoms with Gasteiger partial charge in [-0.1, -0.05) is 27.2 Å². The third kappa shape index (κ3) is 4.07. The van der Waals surface area contributed by atoms with Gasteiger partial charge in [0.25, 0.3) is 0 Å². The number of thiazole rings is 1. The summed E-state index contributed by atoms with van der Waals surface area (Å²) in [7, 11) is 2.05. The largest absolute Gasteiger partial charge is 0.477 e. The van der Waals surface area contributed by atoms with E-state index in [-0.39, 0.29) is 5.92 Å². The third-order valence-corrected chi connectivity index (χ3v) is 3.78. The summed E-state index contributed by atoms with van der Waals surface area (Å²) >= 11 is 1.31. The molecule has 0 unspecified atom stereocenters. The number of unbranched alkanes of at least 4 members (excludes halogenated alkanes) is 1. The summed E-state index contributed by atoms with van der Waals surface area (Å²) in [6.45, 7) is 7.88. The maximum Gasteiger partial charge on any atom is 0.347 e. The molecule has 1 N–H and O–H groups in total. The zero-order chi connectivity index (χ0) is 13.7. The molecule has 0 aliphatic carbocycles. The van der Waals surface area contributed by atoms with Crippen molar-refractivity contribution in [2.75, 3.05) is 13.6 Å². The predicted molar refractivity (Wildman–Crippen MR) is 74.4 cm³/mol. The van der Waals surface area contributed by atoms with Gasteiger partial charge in [-0.2, -0.15) is 0 Å². The van der Waals surface area contributed by atoms with E-state index in [1.807, 2.05) is 20.9 Å². The van der Waals surface area contributed by atoms with Crippen LogP contribution in [0.1, 0.15) is 59.9 Å². The first-order valence-electron chi connectivity index (χ1n) is 6.37. The van der Waals surface area contributed by atoms with Gasteiger partial charge in [-0.15, -0.1) is 11.3 Å². The van der Waals surface area contributed by atoms with Gasteiger partial charge in [-0.05, 0) is 25.9 Å². The highest BCUT2D eigenvalue weighted by Crippen LogP contribution is 2.25. The third-order valence-electron chi connectivity index (χ3n) is 2.74. The fourth-order valence-corrected chi connectivity index (χ4v) is 2.87. The zero-order valence-corrected chi connectivity index (χ0v) is 12.4. The van der Waals surface area contributed by atoms with Gasteiger partial charge in [0.2, 0.25) is 0 Å². The highest BCUT2D eigenvalue weighted by Gasteiger charge is 2.19.